The van der Waals surface area contributed by atoms with E-state index in [1.807, 2.05) is 19.1 Å². The van der Waals surface area contributed by atoms with Crippen LogP contribution in [0.2, 0.25) is 0 Å². The first kappa shape index (κ1) is 22.3. The Bertz CT molecular complexity index is 722. The summed E-state index contributed by atoms with van der Waals surface area (Å²) >= 11 is 0. The molecule has 0 bridgehead atoms. The number of anilines is 1. The predicted molar refractivity (Wildman–Crippen MR) is 110 cm³/mol. The van der Waals surface area contributed by atoms with Gasteiger partial charge >= 0.3 is 5.97 Å². The third kappa shape index (κ3) is 6.81. The SMILES string of the molecule is C=CCOc1ccccc1NCC(=O)N1CCNC(=O)C1CC(=O)OCCCC. The van der Waals surface area contributed by atoms with Crippen molar-refractivity contribution < 1.29 is 23.9 Å². The Balaban J connectivity index is 1.97. The van der Waals surface area contributed by atoms with Crippen molar-refractivity contribution in [2.45, 2.75) is 32.2 Å². The molecular weight excluding hydrogens is 374 g/mol. The fourth-order valence-electron chi connectivity index (χ4n) is 2.92. The molecular formula is C21H29N3O5. The maximum absolute atomic E-state index is 12.8. The first-order valence-electron chi connectivity index (χ1n) is 9.86. The molecule has 2 amide bonds. The van der Waals surface area contributed by atoms with E-state index in [0.29, 0.717) is 37.7 Å². The molecule has 0 aliphatic carbocycles. The highest BCUT2D eigenvalue weighted by Gasteiger charge is 2.35. The van der Waals surface area contributed by atoms with Gasteiger partial charge in [-0.05, 0) is 18.6 Å². The third-order valence-electron chi connectivity index (χ3n) is 4.45. The molecule has 1 saturated heterocycles. The summed E-state index contributed by atoms with van der Waals surface area (Å²) in [7, 11) is 0. The van der Waals surface area contributed by atoms with Crippen LogP contribution in [0, 0.1) is 0 Å². The number of esters is 1. The monoisotopic (exact) mass is 403 g/mol. The molecule has 1 atom stereocenters. The minimum Gasteiger partial charge on any atom is -0.487 e. The number of carbonyl (C=O) groups excluding carboxylic acids is 3. The van der Waals surface area contributed by atoms with E-state index in [9.17, 15) is 14.4 Å². The number of nitrogens with zero attached hydrogens (tertiary/aromatic N) is 1. The molecule has 1 aliphatic heterocycles. The second-order valence-electron chi connectivity index (χ2n) is 6.62. The standard InChI is InChI=1S/C21H29N3O5/c1-3-5-13-29-20(26)14-17-21(27)22-10-11-24(17)19(25)15-23-16-8-6-7-9-18(16)28-12-4-2/h4,6-9,17,23H,2-3,5,10-15H2,1H3,(H,22,27). The molecule has 1 aromatic rings. The first-order chi connectivity index (χ1) is 14.1. The van der Waals surface area contributed by atoms with Gasteiger partial charge in [0.1, 0.15) is 18.4 Å². The molecule has 8 heteroatoms. The Kier molecular flexibility index (Phi) is 9.01. The number of hydrogen-bond donors (Lipinski definition) is 2. The number of rotatable bonds is 11. The molecule has 2 rings (SSSR count). The van der Waals surface area contributed by atoms with E-state index in [2.05, 4.69) is 17.2 Å². The predicted octanol–water partition coefficient (Wildman–Crippen LogP) is 1.72. The lowest BCUT2D eigenvalue weighted by Gasteiger charge is -2.34. The number of ether oxygens (including phenoxy) is 2. The molecule has 1 aliphatic rings. The zero-order valence-corrected chi connectivity index (χ0v) is 16.8. The molecule has 1 heterocycles. The highest BCUT2D eigenvalue weighted by atomic mass is 16.5. The fraction of sp³-hybridized carbons (Fsp3) is 0.476. The van der Waals surface area contributed by atoms with Crippen LogP contribution in [0.3, 0.4) is 0 Å². The minimum absolute atomic E-state index is 0.0247. The van der Waals surface area contributed by atoms with Crippen LogP contribution in [0.4, 0.5) is 5.69 Å². The largest absolute Gasteiger partial charge is 0.487 e. The molecule has 0 spiro atoms. The Morgan fingerprint density at radius 3 is 2.93 bits per heavy atom. The van der Waals surface area contributed by atoms with Crippen LogP contribution < -0.4 is 15.4 Å². The number of unbranched alkanes of at least 4 members (excludes halogenated alkanes) is 1. The van der Waals surface area contributed by atoms with Crippen molar-refractivity contribution in [3.8, 4) is 5.75 Å². The Labute approximate surface area is 171 Å². The zero-order valence-electron chi connectivity index (χ0n) is 16.8. The van der Waals surface area contributed by atoms with E-state index in [-0.39, 0.29) is 24.8 Å². The number of hydrogen-bond acceptors (Lipinski definition) is 6. The van der Waals surface area contributed by atoms with Crippen molar-refractivity contribution in [3.05, 3.63) is 36.9 Å². The van der Waals surface area contributed by atoms with Gasteiger partial charge in [0.25, 0.3) is 0 Å². The van der Waals surface area contributed by atoms with Gasteiger partial charge in [-0.1, -0.05) is 38.1 Å². The van der Waals surface area contributed by atoms with Crippen LogP contribution in [0.5, 0.6) is 5.75 Å². The number of benzene rings is 1. The molecule has 29 heavy (non-hydrogen) atoms. The van der Waals surface area contributed by atoms with Crippen LogP contribution in [0.1, 0.15) is 26.2 Å². The third-order valence-corrected chi connectivity index (χ3v) is 4.45. The van der Waals surface area contributed by atoms with E-state index in [1.54, 1.807) is 18.2 Å². The maximum atomic E-state index is 12.8. The molecule has 1 fully saturated rings. The molecule has 158 valence electrons. The number of para-hydroxylation sites is 2. The number of piperazine rings is 1. The van der Waals surface area contributed by atoms with Gasteiger partial charge < -0.3 is 25.0 Å². The van der Waals surface area contributed by atoms with Crippen molar-refractivity contribution in [3.63, 3.8) is 0 Å². The second kappa shape index (κ2) is 11.7. The van der Waals surface area contributed by atoms with E-state index >= 15 is 0 Å². The first-order valence-corrected chi connectivity index (χ1v) is 9.86. The molecule has 1 aromatic carbocycles. The van der Waals surface area contributed by atoms with Crippen LogP contribution in [0.25, 0.3) is 0 Å². The summed E-state index contributed by atoms with van der Waals surface area (Å²) in [6.45, 7) is 6.95. The lowest BCUT2D eigenvalue weighted by Crippen LogP contribution is -2.58. The highest BCUT2D eigenvalue weighted by molar-refractivity contribution is 5.93. The average Bonchev–Trinajstić information content (AvgIpc) is 2.72. The molecule has 8 nitrogen and oxygen atoms in total. The van der Waals surface area contributed by atoms with Crippen LogP contribution in [-0.4, -0.2) is 61.6 Å². The lowest BCUT2D eigenvalue weighted by atomic mass is 10.1. The molecule has 0 aromatic heterocycles. The van der Waals surface area contributed by atoms with Gasteiger partial charge in [0.05, 0.1) is 25.3 Å². The number of nitrogens with one attached hydrogen (secondary N) is 2. The Morgan fingerprint density at radius 2 is 2.17 bits per heavy atom. The topological polar surface area (TPSA) is 97.0 Å². The van der Waals surface area contributed by atoms with Crippen LogP contribution in [0.15, 0.2) is 36.9 Å². The van der Waals surface area contributed by atoms with E-state index in [4.69, 9.17) is 9.47 Å². The van der Waals surface area contributed by atoms with Gasteiger partial charge in [0.15, 0.2) is 0 Å². The van der Waals surface area contributed by atoms with Crippen molar-refractivity contribution in [2.75, 3.05) is 38.2 Å². The maximum Gasteiger partial charge on any atom is 0.308 e. The average molecular weight is 403 g/mol. The second-order valence-corrected chi connectivity index (χ2v) is 6.62. The summed E-state index contributed by atoms with van der Waals surface area (Å²) in [6, 6.07) is 6.40. The van der Waals surface area contributed by atoms with Gasteiger partial charge in [0.2, 0.25) is 11.8 Å². The highest BCUT2D eigenvalue weighted by Crippen LogP contribution is 2.23. The quantitative estimate of drug-likeness (QED) is 0.332. The summed E-state index contributed by atoms with van der Waals surface area (Å²) in [5.74, 6) is -0.487. The Hall–Kier alpha value is -3.03. The molecule has 0 radical (unpaired) electrons. The molecule has 0 saturated carbocycles. The fourth-order valence-corrected chi connectivity index (χ4v) is 2.92. The van der Waals surface area contributed by atoms with E-state index < -0.39 is 12.0 Å². The summed E-state index contributed by atoms with van der Waals surface area (Å²) in [5, 5.41) is 5.76. The summed E-state index contributed by atoms with van der Waals surface area (Å²) in [5.41, 5.74) is 0.666. The van der Waals surface area contributed by atoms with E-state index in [0.717, 1.165) is 12.8 Å². The van der Waals surface area contributed by atoms with Gasteiger partial charge in [-0.25, -0.2) is 0 Å². The van der Waals surface area contributed by atoms with Crippen LogP contribution >= 0.6 is 0 Å². The van der Waals surface area contributed by atoms with Crippen molar-refractivity contribution in [1.29, 1.82) is 0 Å². The van der Waals surface area contributed by atoms with Gasteiger partial charge in [-0.3, -0.25) is 14.4 Å². The number of carbonyl (C=O) groups is 3. The molecule has 1 unspecified atom stereocenters. The summed E-state index contributed by atoms with van der Waals surface area (Å²) in [6.07, 6.45) is 3.16. The van der Waals surface area contributed by atoms with Gasteiger partial charge in [-0.2, -0.15) is 0 Å². The van der Waals surface area contributed by atoms with Crippen molar-refractivity contribution >= 4 is 23.5 Å². The normalized spacial score (nSPS) is 16.0. The zero-order chi connectivity index (χ0) is 21.1. The minimum atomic E-state index is -0.862. The van der Waals surface area contributed by atoms with Crippen molar-refractivity contribution in [1.82, 2.24) is 10.2 Å². The summed E-state index contributed by atoms with van der Waals surface area (Å²) < 4.78 is 10.7. The van der Waals surface area contributed by atoms with Crippen molar-refractivity contribution in [2.24, 2.45) is 0 Å². The smallest absolute Gasteiger partial charge is 0.308 e. The Morgan fingerprint density at radius 1 is 1.38 bits per heavy atom. The lowest BCUT2D eigenvalue weighted by molar-refractivity contribution is -0.151. The van der Waals surface area contributed by atoms with E-state index in [1.165, 1.54) is 4.90 Å². The van der Waals surface area contributed by atoms with Gasteiger partial charge in [0, 0.05) is 13.1 Å². The molecule has 2 N–H and O–H groups in total. The summed E-state index contributed by atoms with van der Waals surface area (Å²) in [4.78, 5) is 38.5. The number of amides is 2. The van der Waals surface area contributed by atoms with Crippen LogP contribution in [-0.2, 0) is 19.1 Å². The van der Waals surface area contributed by atoms with Gasteiger partial charge in [-0.15, -0.1) is 0 Å².